The van der Waals surface area contributed by atoms with E-state index in [-0.39, 0.29) is 18.0 Å². The second kappa shape index (κ2) is 6.95. The fourth-order valence-electron chi connectivity index (χ4n) is 1.96. The van der Waals surface area contributed by atoms with Gasteiger partial charge in [0.25, 0.3) is 11.6 Å². The van der Waals surface area contributed by atoms with Crippen molar-refractivity contribution < 1.29 is 23.3 Å². The number of aryl methyl sites for hydroxylation is 1. The monoisotopic (exact) mass is 345 g/mol. The van der Waals surface area contributed by atoms with Crippen LogP contribution < -0.4 is 9.47 Å². The van der Waals surface area contributed by atoms with Gasteiger partial charge in [0.2, 0.25) is 0 Å². The second-order valence-electron chi connectivity index (χ2n) is 4.97. The molecule has 0 spiro atoms. The maximum absolute atomic E-state index is 13.8. The van der Waals surface area contributed by atoms with Crippen molar-refractivity contribution in [1.82, 2.24) is 10.1 Å². The molecule has 0 amide bonds. The summed E-state index contributed by atoms with van der Waals surface area (Å²) in [5.41, 5.74) is -0.343. The number of rotatable bonds is 6. The first-order valence-electron chi connectivity index (χ1n) is 7.15. The molecule has 9 heteroatoms. The first-order chi connectivity index (χ1) is 12.0. The second-order valence-corrected chi connectivity index (χ2v) is 4.97. The van der Waals surface area contributed by atoms with Crippen LogP contribution in [0.4, 0.5) is 10.1 Å². The molecule has 0 radical (unpaired) electrons. The molecule has 3 rings (SSSR count). The Hall–Kier alpha value is -3.49. The van der Waals surface area contributed by atoms with E-state index in [1.807, 2.05) is 0 Å². The number of ether oxygens (including phenoxy) is 2. The highest BCUT2D eigenvalue weighted by atomic mass is 19.1. The van der Waals surface area contributed by atoms with Crippen LogP contribution in [0.2, 0.25) is 0 Å². The number of nitro groups is 1. The predicted molar refractivity (Wildman–Crippen MR) is 82.9 cm³/mol. The molecule has 0 atom stereocenters. The van der Waals surface area contributed by atoms with E-state index >= 15 is 0 Å². The molecule has 128 valence electrons. The van der Waals surface area contributed by atoms with Gasteiger partial charge in [-0.05, 0) is 37.3 Å². The summed E-state index contributed by atoms with van der Waals surface area (Å²) in [5.74, 6) is 0.834. The number of aromatic nitrogens is 2. The quantitative estimate of drug-likeness (QED) is 0.495. The van der Waals surface area contributed by atoms with Crippen molar-refractivity contribution in [3.63, 3.8) is 0 Å². The summed E-state index contributed by atoms with van der Waals surface area (Å²) < 4.78 is 29.6. The van der Waals surface area contributed by atoms with Crippen LogP contribution in [-0.4, -0.2) is 15.1 Å². The van der Waals surface area contributed by atoms with Gasteiger partial charge in [-0.25, -0.2) is 4.39 Å². The number of hydrogen-bond donors (Lipinski definition) is 0. The van der Waals surface area contributed by atoms with Gasteiger partial charge >= 0.3 is 0 Å². The Morgan fingerprint density at radius 2 is 1.92 bits per heavy atom. The summed E-state index contributed by atoms with van der Waals surface area (Å²) in [6, 6.07) is 9.59. The van der Waals surface area contributed by atoms with Crippen molar-refractivity contribution in [3.05, 3.63) is 70.1 Å². The lowest BCUT2D eigenvalue weighted by Gasteiger charge is -2.08. The van der Waals surface area contributed by atoms with Crippen LogP contribution in [0.5, 0.6) is 17.2 Å². The van der Waals surface area contributed by atoms with Crippen molar-refractivity contribution in [3.8, 4) is 17.2 Å². The van der Waals surface area contributed by atoms with Crippen molar-refractivity contribution >= 4 is 5.69 Å². The van der Waals surface area contributed by atoms with E-state index in [1.54, 1.807) is 31.2 Å². The van der Waals surface area contributed by atoms with Gasteiger partial charge in [0.15, 0.2) is 24.0 Å². The average molecular weight is 345 g/mol. The summed E-state index contributed by atoms with van der Waals surface area (Å²) in [6.07, 6.45) is 0. The number of non-ortho nitro benzene ring substituents is 1. The lowest BCUT2D eigenvalue weighted by atomic mass is 10.3. The van der Waals surface area contributed by atoms with Gasteiger partial charge in [-0.15, -0.1) is 0 Å². The van der Waals surface area contributed by atoms with Crippen LogP contribution in [-0.2, 0) is 6.61 Å². The minimum absolute atomic E-state index is 0.111. The highest BCUT2D eigenvalue weighted by Gasteiger charge is 2.12. The Morgan fingerprint density at radius 3 is 2.52 bits per heavy atom. The molecule has 0 saturated carbocycles. The molecule has 1 aromatic heterocycles. The van der Waals surface area contributed by atoms with E-state index in [0.717, 1.165) is 6.07 Å². The number of nitrogens with zero attached hydrogens (tertiary/aromatic N) is 3. The highest BCUT2D eigenvalue weighted by Crippen LogP contribution is 2.28. The summed E-state index contributed by atoms with van der Waals surface area (Å²) in [5, 5.41) is 14.2. The number of halogens is 1. The minimum Gasteiger partial charge on any atom is -0.484 e. The van der Waals surface area contributed by atoms with Gasteiger partial charge in [-0.2, -0.15) is 4.98 Å². The lowest BCUT2D eigenvalue weighted by molar-refractivity contribution is -0.385. The minimum atomic E-state index is -0.818. The molecule has 0 saturated heterocycles. The molecule has 2 aromatic carbocycles. The van der Waals surface area contributed by atoms with E-state index in [0.29, 0.717) is 23.2 Å². The van der Waals surface area contributed by atoms with Gasteiger partial charge in [0, 0.05) is 6.07 Å². The van der Waals surface area contributed by atoms with Gasteiger partial charge in [-0.3, -0.25) is 10.1 Å². The first-order valence-corrected chi connectivity index (χ1v) is 7.15. The average Bonchev–Trinajstić information content (AvgIpc) is 3.01. The van der Waals surface area contributed by atoms with Gasteiger partial charge in [0.05, 0.1) is 11.0 Å². The fourth-order valence-corrected chi connectivity index (χ4v) is 1.96. The lowest BCUT2D eigenvalue weighted by Crippen LogP contribution is -1.96. The molecule has 25 heavy (non-hydrogen) atoms. The molecule has 8 nitrogen and oxygen atoms in total. The molecular weight excluding hydrogens is 333 g/mol. The fraction of sp³-hybridized carbons (Fsp3) is 0.125. The molecule has 0 bridgehead atoms. The van der Waals surface area contributed by atoms with Crippen LogP contribution in [0.3, 0.4) is 0 Å². The number of nitro benzene ring substituents is 1. The summed E-state index contributed by atoms with van der Waals surface area (Å²) in [7, 11) is 0. The maximum Gasteiger partial charge on any atom is 0.272 e. The molecule has 0 aliphatic heterocycles. The van der Waals surface area contributed by atoms with Crippen LogP contribution in [0.15, 0.2) is 47.0 Å². The highest BCUT2D eigenvalue weighted by molar-refractivity contribution is 5.41. The molecule has 0 aliphatic rings. The van der Waals surface area contributed by atoms with Gasteiger partial charge < -0.3 is 14.0 Å². The first kappa shape index (κ1) is 16.4. The largest absolute Gasteiger partial charge is 0.484 e. The van der Waals surface area contributed by atoms with E-state index in [1.165, 1.54) is 12.1 Å². The third-order valence-corrected chi connectivity index (χ3v) is 3.11. The predicted octanol–water partition coefficient (Wildman–Crippen LogP) is 3.80. The van der Waals surface area contributed by atoms with E-state index in [9.17, 15) is 14.5 Å². The topological polar surface area (TPSA) is 101 Å². The normalized spacial score (nSPS) is 10.5. The number of benzene rings is 2. The number of hydrogen-bond acceptors (Lipinski definition) is 7. The Bertz CT molecular complexity index is 895. The Balaban J connectivity index is 1.63. The van der Waals surface area contributed by atoms with Crippen LogP contribution in [0.25, 0.3) is 0 Å². The van der Waals surface area contributed by atoms with E-state index in [2.05, 4.69) is 10.1 Å². The molecule has 0 fully saturated rings. The molecule has 0 aliphatic carbocycles. The van der Waals surface area contributed by atoms with E-state index < -0.39 is 10.7 Å². The Morgan fingerprint density at radius 1 is 1.20 bits per heavy atom. The molecular formula is C16H12FN3O5. The Kier molecular flexibility index (Phi) is 4.55. The van der Waals surface area contributed by atoms with E-state index in [4.69, 9.17) is 14.0 Å². The summed E-state index contributed by atoms with van der Waals surface area (Å²) in [4.78, 5) is 13.9. The van der Waals surface area contributed by atoms with Crippen LogP contribution >= 0.6 is 0 Å². The summed E-state index contributed by atoms with van der Waals surface area (Å²) in [6.45, 7) is 1.83. The third-order valence-electron chi connectivity index (χ3n) is 3.11. The van der Waals surface area contributed by atoms with Crippen molar-refractivity contribution in [2.75, 3.05) is 0 Å². The molecule has 0 unspecified atom stereocenters. The standard InChI is InChI=1S/C16H12FN3O5/c1-10-18-16(25-19-10)9-23-12-3-5-13(6-4-12)24-15-7-2-11(20(21)22)8-14(15)17/h2-8H,9H2,1H3. The summed E-state index contributed by atoms with van der Waals surface area (Å²) >= 11 is 0. The maximum atomic E-state index is 13.8. The van der Waals surface area contributed by atoms with Gasteiger partial charge in [-0.1, -0.05) is 5.16 Å². The third kappa shape index (κ3) is 4.08. The molecule has 1 heterocycles. The smallest absolute Gasteiger partial charge is 0.272 e. The van der Waals surface area contributed by atoms with Crippen molar-refractivity contribution in [2.45, 2.75) is 13.5 Å². The molecule has 3 aromatic rings. The zero-order valence-corrected chi connectivity index (χ0v) is 13.0. The van der Waals surface area contributed by atoms with Crippen LogP contribution in [0, 0.1) is 22.9 Å². The van der Waals surface area contributed by atoms with Gasteiger partial charge in [0.1, 0.15) is 11.5 Å². The zero-order valence-electron chi connectivity index (χ0n) is 13.0. The van der Waals surface area contributed by atoms with Crippen molar-refractivity contribution in [2.24, 2.45) is 0 Å². The zero-order chi connectivity index (χ0) is 17.8. The molecule has 0 N–H and O–H groups in total. The SMILES string of the molecule is Cc1noc(COc2ccc(Oc3ccc([N+](=O)[O-])cc3F)cc2)n1. The Labute approximate surface area is 141 Å². The van der Waals surface area contributed by atoms with Crippen LogP contribution in [0.1, 0.15) is 11.7 Å². The van der Waals surface area contributed by atoms with Crippen molar-refractivity contribution in [1.29, 1.82) is 0 Å².